The number of alkyl halides is 6. The summed E-state index contributed by atoms with van der Waals surface area (Å²) in [5, 5.41) is 0. The van der Waals surface area contributed by atoms with Crippen LogP contribution in [0.25, 0.3) is 0 Å². The normalized spacial score (nSPS) is 10.0. The minimum Gasteiger partial charge on any atom is -0.741 e. The van der Waals surface area contributed by atoms with Gasteiger partial charge in [0, 0.05) is 6.42 Å². The number of hydrogen-bond donors (Lipinski definition) is 5. The van der Waals surface area contributed by atoms with Crippen molar-refractivity contribution in [2.24, 2.45) is 0 Å². The summed E-state index contributed by atoms with van der Waals surface area (Å²) in [5.74, 6) is 1.09. The predicted molar refractivity (Wildman–Crippen MR) is 109 cm³/mol. The Morgan fingerprint density at radius 2 is 1.06 bits per heavy atom. The molecule has 22 heteroatoms. The molecule has 15 N–H and O–H groups in total. The topological polar surface area (TPSA) is 316 Å². The molecule has 0 aromatic heterocycles. The van der Waals surface area contributed by atoms with Crippen LogP contribution in [0.1, 0.15) is 18.9 Å². The van der Waals surface area contributed by atoms with Crippen LogP contribution in [0.5, 0.6) is 5.75 Å². The van der Waals surface area contributed by atoms with Gasteiger partial charge in [0.15, 0.2) is 20.2 Å². The Morgan fingerprint density at radius 1 is 0.800 bits per heavy atom. The SMILES string of the molecule is COc1ccc(CCC(C)=O)cc1.N.N.N.N.N.O=S(=O)([O-])C(F)(F)F.O=S(=O)([O-])C(F)(F)F.[Os+2]. The maximum atomic E-state index is 10.7. The number of methoxy groups -OCH3 is 1. The second-order valence-electron chi connectivity index (χ2n) is 4.85. The van der Waals surface area contributed by atoms with Gasteiger partial charge in [-0.1, -0.05) is 12.1 Å². The van der Waals surface area contributed by atoms with Crippen molar-refractivity contribution in [3.63, 3.8) is 0 Å². The first kappa shape index (κ1) is 54.4. The number of aryl methyl sites for hydroxylation is 1. The molecule has 0 saturated heterocycles. The predicted octanol–water partition coefficient (Wildman–Crippen LogP) is 3.13. The minimum atomic E-state index is -6.09. The van der Waals surface area contributed by atoms with E-state index in [1.54, 1.807) is 14.0 Å². The molecule has 0 aliphatic rings. The first-order valence-electron chi connectivity index (χ1n) is 6.89. The Labute approximate surface area is 211 Å². The summed E-state index contributed by atoms with van der Waals surface area (Å²) in [7, 11) is -10.5. The van der Waals surface area contributed by atoms with E-state index in [0.717, 1.165) is 12.2 Å². The number of benzene rings is 1. The fraction of sp³-hybridized carbons (Fsp3) is 0.462. The quantitative estimate of drug-likeness (QED) is 0.168. The Balaban J connectivity index is -0.0000000499. The monoisotopic (exact) mass is 753 g/mol. The van der Waals surface area contributed by atoms with Crippen molar-refractivity contribution in [3.05, 3.63) is 29.8 Å². The standard InChI is InChI=1S/C11H14O2.2CHF3O3S.5H3N.Os/c1-9(12)3-4-10-5-7-11(13-2)8-6-10;2*2-1(3,4)8(5,6)7;;;;;;/h5-8H,3-4H2,1-2H3;2*(H,5,6,7);5*1H3;/q;;;;;;;;+2/p-2. The van der Waals surface area contributed by atoms with Crippen molar-refractivity contribution < 1.29 is 81.6 Å². The molecule has 1 aromatic rings. The molecule has 35 heavy (non-hydrogen) atoms. The van der Waals surface area contributed by atoms with E-state index in [1.165, 1.54) is 5.56 Å². The molecule has 0 unspecified atom stereocenters. The Bertz CT molecular complexity index is 828. The maximum absolute atomic E-state index is 10.7. The van der Waals surface area contributed by atoms with Crippen LogP contribution in [-0.4, -0.2) is 49.9 Å². The van der Waals surface area contributed by atoms with E-state index in [2.05, 4.69) is 0 Å². The zero-order valence-corrected chi connectivity index (χ0v) is 22.6. The van der Waals surface area contributed by atoms with Crippen LogP contribution < -0.4 is 35.5 Å². The number of ether oxygens (including phenoxy) is 1. The summed E-state index contributed by atoms with van der Waals surface area (Å²) in [6.07, 6.45) is 1.44. The molecule has 0 aliphatic carbocycles. The van der Waals surface area contributed by atoms with E-state index < -0.39 is 31.3 Å². The smallest absolute Gasteiger partial charge is 0.741 e. The molecule has 1 rings (SSSR count). The number of rotatable bonds is 4. The van der Waals surface area contributed by atoms with E-state index in [-0.39, 0.29) is 56.3 Å². The summed E-state index contributed by atoms with van der Waals surface area (Å²) in [6.45, 7) is 1.61. The number of carbonyl (C=O) groups excluding carboxylic acids is 1. The van der Waals surface area contributed by atoms with Gasteiger partial charge in [-0.15, -0.1) is 0 Å². The van der Waals surface area contributed by atoms with Gasteiger partial charge in [-0.3, -0.25) is 0 Å². The number of halogens is 6. The van der Waals surface area contributed by atoms with Crippen LogP contribution in [-0.2, 0) is 51.2 Å². The molecule has 0 saturated carbocycles. The zero-order valence-electron chi connectivity index (χ0n) is 18.5. The van der Waals surface area contributed by atoms with Crippen molar-refractivity contribution in [2.45, 2.75) is 30.8 Å². The van der Waals surface area contributed by atoms with Gasteiger partial charge in [-0.05, 0) is 31.0 Å². The minimum absolute atomic E-state index is 0. The number of hydrogen-bond acceptors (Lipinski definition) is 13. The van der Waals surface area contributed by atoms with E-state index in [0.29, 0.717) is 6.42 Å². The molecule has 0 radical (unpaired) electrons. The van der Waals surface area contributed by atoms with Gasteiger partial charge in [-0.25, -0.2) is 16.8 Å². The van der Waals surface area contributed by atoms with Gasteiger partial charge in [-0.2, -0.15) is 26.3 Å². The van der Waals surface area contributed by atoms with E-state index >= 15 is 0 Å². The van der Waals surface area contributed by atoms with Crippen LogP contribution in [0.2, 0.25) is 0 Å². The number of Topliss-reactive ketones (excluding diaryl/α,β-unsaturated/α-hetero) is 1. The van der Waals surface area contributed by atoms with Gasteiger partial charge in [0.1, 0.15) is 11.5 Å². The van der Waals surface area contributed by atoms with E-state index in [4.69, 9.17) is 30.7 Å². The van der Waals surface area contributed by atoms with Gasteiger partial charge < -0.3 is 49.4 Å². The van der Waals surface area contributed by atoms with Crippen LogP contribution in [0.4, 0.5) is 26.3 Å². The van der Waals surface area contributed by atoms with Crippen molar-refractivity contribution in [1.82, 2.24) is 30.8 Å². The van der Waals surface area contributed by atoms with E-state index in [9.17, 15) is 31.1 Å². The summed E-state index contributed by atoms with van der Waals surface area (Å²) in [4.78, 5) is 10.7. The zero-order chi connectivity index (χ0) is 23.7. The first-order valence-corrected chi connectivity index (χ1v) is 9.70. The molecule has 13 nitrogen and oxygen atoms in total. The van der Waals surface area contributed by atoms with E-state index in [1.807, 2.05) is 24.3 Å². The number of ketones is 1. The molecule has 0 aliphatic heterocycles. The van der Waals surface area contributed by atoms with Gasteiger partial charge in [0.05, 0.1) is 7.11 Å². The average Bonchev–Trinajstić information content (AvgIpc) is 2.50. The van der Waals surface area contributed by atoms with Gasteiger partial charge in [0.2, 0.25) is 0 Å². The fourth-order valence-corrected chi connectivity index (χ4v) is 1.11. The summed E-state index contributed by atoms with van der Waals surface area (Å²) >= 11 is 0. The summed E-state index contributed by atoms with van der Waals surface area (Å²) in [6, 6.07) is 7.80. The number of carbonyl (C=O) groups is 1. The third-order valence-electron chi connectivity index (χ3n) is 2.49. The molecule has 0 fully saturated rings. The van der Waals surface area contributed by atoms with Crippen molar-refractivity contribution >= 4 is 26.0 Å². The van der Waals surface area contributed by atoms with Crippen LogP contribution in [0.15, 0.2) is 24.3 Å². The largest absolute Gasteiger partial charge is 2.00 e. The second kappa shape index (κ2) is 21.8. The fourth-order valence-electron chi connectivity index (χ4n) is 1.11. The maximum Gasteiger partial charge on any atom is 2.00 e. The third-order valence-corrected chi connectivity index (χ3v) is 3.63. The molecule has 0 spiro atoms. The molecule has 0 amide bonds. The van der Waals surface area contributed by atoms with Gasteiger partial charge >= 0.3 is 30.8 Å². The second-order valence-corrected chi connectivity index (χ2v) is 7.59. The Kier molecular flexibility index (Phi) is 33.9. The third kappa shape index (κ3) is 27.0. The molecule has 0 heterocycles. The summed E-state index contributed by atoms with van der Waals surface area (Å²) < 4.78 is 123. The van der Waals surface area contributed by atoms with Crippen LogP contribution >= 0.6 is 0 Å². The van der Waals surface area contributed by atoms with Crippen LogP contribution in [0, 0.1) is 0 Å². The summed E-state index contributed by atoms with van der Waals surface area (Å²) in [5.41, 5.74) is -10.1. The molecular weight excluding hydrogens is 723 g/mol. The Morgan fingerprint density at radius 3 is 1.23 bits per heavy atom. The van der Waals surface area contributed by atoms with Gasteiger partial charge in [0.25, 0.3) is 0 Å². The molecule has 1 aromatic carbocycles. The first-order chi connectivity index (χ1) is 12.7. The molecule has 216 valence electrons. The molecule has 0 atom stereocenters. The van der Waals surface area contributed by atoms with Crippen LogP contribution in [0.3, 0.4) is 0 Å². The van der Waals surface area contributed by atoms with Crippen molar-refractivity contribution in [2.75, 3.05) is 7.11 Å². The van der Waals surface area contributed by atoms with Crippen molar-refractivity contribution in [1.29, 1.82) is 0 Å². The molecular formula is C13H29F6N5O8OsS2. The Hall–Kier alpha value is -1.47. The molecule has 0 bridgehead atoms. The average molecular weight is 752 g/mol. The van der Waals surface area contributed by atoms with Crippen molar-refractivity contribution in [3.8, 4) is 5.75 Å².